The molecule has 2 aromatic carbocycles. The third kappa shape index (κ3) is 4.98. The van der Waals surface area contributed by atoms with Crippen LogP contribution < -0.4 is 5.32 Å². The molecule has 2 aromatic heterocycles. The molecular formula is C25H24Cl2N6O3. The molecule has 0 saturated carbocycles. The zero-order valence-corrected chi connectivity index (χ0v) is 21.7. The molecule has 36 heavy (non-hydrogen) atoms. The number of aromatic nitrogens is 4. The zero-order chi connectivity index (χ0) is 26.1. The quantitative estimate of drug-likeness (QED) is 0.239. The number of hydrogen-bond donors (Lipinski definition) is 1. The second-order valence-corrected chi connectivity index (χ2v) is 9.31. The highest BCUT2D eigenvalue weighted by molar-refractivity contribution is 6.36. The third-order valence-corrected chi connectivity index (χ3v) is 6.75. The fraction of sp³-hybridized carbons (Fsp3) is 0.240. The molecule has 0 fully saturated rings. The molecule has 0 unspecified atom stereocenters. The fourth-order valence-corrected chi connectivity index (χ4v) is 4.66. The molecule has 4 rings (SSSR count). The maximum Gasteiger partial charge on any atom is 0.312 e. The topological polar surface area (TPSA) is 108 Å². The second-order valence-electron chi connectivity index (χ2n) is 8.49. The SMILES string of the molecule is Cc1nn(Cc2c(Cl)cccc2Cl)c(C)c1NC(=O)c1cccc(Cn2nc(C)c([N+](=O)[O-])c2C)c1. The number of hydrogen-bond acceptors (Lipinski definition) is 5. The molecule has 0 aliphatic heterocycles. The van der Waals surface area contributed by atoms with E-state index in [1.54, 1.807) is 59.6 Å². The molecule has 0 radical (unpaired) electrons. The standard InChI is InChI=1S/C25H24Cl2N6O3/c1-14-23(16(3)32(29-14)13-20-21(26)9-6-10-22(20)27)28-25(34)19-8-5-7-18(11-19)12-31-17(4)24(33(35)36)15(2)30-31/h5-11H,12-13H2,1-4H3,(H,28,34). The van der Waals surface area contributed by atoms with Crippen LogP contribution >= 0.6 is 23.2 Å². The van der Waals surface area contributed by atoms with Crippen LogP contribution in [0.1, 0.15) is 44.3 Å². The Balaban J connectivity index is 1.54. The van der Waals surface area contributed by atoms with Gasteiger partial charge in [-0.05, 0) is 57.5 Å². The number of anilines is 1. The number of nitrogens with one attached hydrogen (secondary N) is 1. The Bertz CT molecular complexity index is 1470. The van der Waals surface area contributed by atoms with Crippen molar-refractivity contribution in [2.45, 2.75) is 40.8 Å². The molecule has 0 aliphatic rings. The van der Waals surface area contributed by atoms with Crippen molar-refractivity contribution >= 4 is 40.5 Å². The Morgan fingerprint density at radius 1 is 0.944 bits per heavy atom. The van der Waals surface area contributed by atoms with Crippen LogP contribution in [0.25, 0.3) is 0 Å². The van der Waals surface area contributed by atoms with E-state index in [9.17, 15) is 14.9 Å². The minimum Gasteiger partial charge on any atom is -0.319 e. The predicted molar refractivity (Wildman–Crippen MR) is 139 cm³/mol. The minimum absolute atomic E-state index is 0.00457. The highest BCUT2D eigenvalue weighted by atomic mass is 35.5. The van der Waals surface area contributed by atoms with Crippen molar-refractivity contribution in [3.8, 4) is 0 Å². The first-order chi connectivity index (χ1) is 17.1. The number of rotatable bonds is 7. The average Bonchev–Trinajstić information content (AvgIpc) is 3.25. The number of aryl methyl sites for hydroxylation is 2. The molecule has 4 aromatic rings. The van der Waals surface area contributed by atoms with Gasteiger partial charge in [0.2, 0.25) is 0 Å². The lowest BCUT2D eigenvalue weighted by Gasteiger charge is -2.10. The van der Waals surface area contributed by atoms with Crippen LogP contribution in [0.4, 0.5) is 11.4 Å². The van der Waals surface area contributed by atoms with Gasteiger partial charge in [-0.1, -0.05) is 41.4 Å². The van der Waals surface area contributed by atoms with Crippen LogP contribution in [-0.2, 0) is 13.1 Å². The average molecular weight is 527 g/mol. The van der Waals surface area contributed by atoms with Crippen molar-refractivity contribution in [1.82, 2.24) is 19.6 Å². The summed E-state index contributed by atoms with van der Waals surface area (Å²) in [6.45, 7) is 7.62. The molecule has 0 atom stereocenters. The molecule has 186 valence electrons. The van der Waals surface area contributed by atoms with Crippen LogP contribution in [-0.4, -0.2) is 30.4 Å². The maximum atomic E-state index is 13.1. The molecule has 1 amide bonds. The summed E-state index contributed by atoms with van der Waals surface area (Å²) in [7, 11) is 0. The van der Waals surface area contributed by atoms with E-state index >= 15 is 0 Å². The Labute approximate surface area is 217 Å². The van der Waals surface area contributed by atoms with E-state index in [0.29, 0.717) is 51.5 Å². The number of halogens is 2. The first-order valence-corrected chi connectivity index (χ1v) is 11.9. The second kappa shape index (κ2) is 10.1. The Morgan fingerprint density at radius 3 is 2.19 bits per heavy atom. The summed E-state index contributed by atoms with van der Waals surface area (Å²) < 4.78 is 3.33. The van der Waals surface area contributed by atoms with Gasteiger partial charge in [-0.15, -0.1) is 0 Å². The van der Waals surface area contributed by atoms with Crippen molar-refractivity contribution < 1.29 is 9.72 Å². The monoisotopic (exact) mass is 526 g/mol. The van der Waals surface area contributed by atoms with Crippen LogP contribution in [0.15, 0.2) is 42.5 Å². The number of benzene rings is 2. The molecule has 0 aliphatic carbocycles. The maximum absolute atomic E-state index is 13.1. The molecule has 9 nitrogen and oxygen atoms in total. The molecule has 1 N–H and O–H groups in total. The summed E-state index contributed by atoms with van der Waals surface area (Å²) in [4.78, 5) is 24.0. The van der Waals surface area contributed by atoms with Crippen LogP contribution in [0, 0.1) is 37.8 Å². The Morgan fingerprint density at radius 2 is 1.56 bits per heavy atom. The van der Waals surface area contributed by atoms with E-state index in [1.807, 2.05) is 19.9 Å². The number of amides is 1. The van der Waals surface area contributed by atoms with Gasteiger partial charge in [-0.3, -0.25) is 24.3 Å². The van der Waals surface area contributed by atoms with E-state index in [-0.39, 0.29) is 11.6 Å². The van der Waals surface area contributed by atoms with Gasteiger partial charge in [0.1, 0.15) is 11.4 Å². The predicted octanol–water partition coefficient (Wildman–Crippen LogP) is 5.88. The number of carbonyl (C=O) groups is 1. The summed E-state index contributed by atoms with van der Waals surface area (Å²) in [5.74, 6) is -0.294. The minimum atomic E-state index is -0.428. The van der Waals surface area contributed by atoms with Gasteiger partial charge < -0.3 is 5.32 Å². The first kappa shape index (κ1) is 25.4. The summed E-state index contributed by atoms with van der Waals surface area (Å²) >= 11 is 12.6. The first-order valence-electron chi connectivity index (χ1n) is 11.1. The van der Waals surface area contributed by atoms with Crippen molar-refractivity contribution in [3.63, 3.8) is 0 Å². The van der Waals surface area contributed by atoms with E-state index in [1.165, 1.54) is 0 Å². The Kier molecular flexibility index (Phi) is 7.14. The number of nitrogens with zero attached hydrogens (tertiary/aromatic N) is 5. The van der Waals surface area contributed by atoms with Crippen LogP contribution in [0.2, 0.25) is 10.0 Å². The van der Waals surface area contributed by atoms with Crippen molar-refractivity contribution in [2.24, 2.45) is 0 Å². The smallest absolute Gasteiger partial charge is 0.312 e. The van der Waals surface area contributed by atoms with E-state index in [4.69, 9.17) is 23.2 Å². The molecule has 11 heteroatoms. The zero-order valence-electron chi connectivity index (χ0n) is 20.2. The summed E-state index contributed by atoms with van der Waals surface area (Å²) in [5.41, 5.74) is 4.86. The van der Waals surface area contributed by atoms with Gasteiger partial charge in [-0.2, -0.15) is 10.2 Å². The summed E-state index contributed by atoms with van der Waals surface area (Å²) in [6, 6.07) is 12.4. The van der Waals surface area contributed by atoms with Gasteiger partial charge in [0.15, 0.2) is 0 Å². The lowest BCUT2D eigenvalue weighted by molar-refractivity contribution is -0.386. The van der Waals surface area contributed by atoms with Gasteiger partial charge in [0.05, 0.1) is 35.1 Å². The summed E-state index contributed by atoms with van der Waals surface area (Å²) in [6.07, 6.45) is 0. The van der Waals surface area contributed by atoms with Crippen LogP contribution in [0.5, 0.6) is 0 Å². The highest BCUT2D eigenvalue weighted by Gasteiger charge is 2.22. The Hall–Kier alpha value is -3.69. The van der Waals surface area contributed by atoms with Gasteiger partial charge in [0, 0.05) is 21.2 Å². The number of nitro groups is 1. The van der Waals surface area contributed by atoms with Gasteiger partial charge in [0.25, 0.3) is 5.91 Å². The molecule has 0 saturated heterocycles. The van der Waals surface area contributed by atoms with Crippen molar-refractivity contribution in [2.75, 3.05) is 5.32 Å². The van der Waals surface area contributed by atoms with Gasteiger partial charge in [-0.25, -0.2) is 0 Å². The normalized spacial score (nSPS) is 11.1. The largest absolute Gasteiger partial charge is 0.319 e. The fourth-order valence-electron chi connectivity index (χ4n) is 4.14. The van der Waals surface area contributed by atoms with Crippen molar-refractivity contribution in [1.29, 1.82) is 0 Å². The lowest BCUT2D eigenvalue weighted by Crippen LogP contribution is -2.14. The van der Waals surface area contributed by atoms with E-state index < -0.39 is 4.92 Å². The van der Waals surface area contributed by atoms with Gasteiger partial charge >= 0.3 is 5.69 Å². The van der Waals surface area contributed by atoms with E-state index in [2.05, 4.69) is 15.5 Å². The molecule has 0 bridgehead atoms. The number of carbonyl (C=O) groups excluding carboxylic acids is 1. The van der Waals surface area contributed by atoms with Crippen molar-refractivity contribution in [3.05, 3.63) is 102 Å². The molecule has 0 spiro atoms. The highest BCUT2D eigenvalue weighted by Crippen LogP contribution is 2.28. The lowest BCUT2D eigenvalue weighted by atomic mass is 10.1. The third-order valence-electron chi connectivity index (χ3n) is 6.04. The summed E-state index contributed by atoms with van der Waals surface area (Å²) in [5, 5.41) is 24.2. The van der Waals surface area contributed by atoms with E-state index in [0.717, 1.165) is 16.8 Å². The van der Waals surface area contributed by atoms with Crippen LogP contribution in [0.3, 0.4) is 0 Å². The molecule has 2 heterocycles. The molecular weight excluding hydrogens is 503 g/mol.